The molecule has 0 saturated carbocycles. The number of rotatable bonds is 3. The molecule has 0 unspecified atom stereocenters. The molecule has 0 fully saturated rings. The Balaban J connectivity index is 1.87. The lowest BCUT2D eigenvalue weighted by Gasteiger charge is -2.00. The van der Waals surface area contributed by atoms with Crippen molar-refractivity contribution in [2.45, 2.75) is 0 Å². The molecule has 100 valence electrons. The van der Waals surface area contributed by atoms with E-state index >= 15 is 0 Å². The van der Waals surface area contributed by atoms with Crippen molar-refractivity contribution in [3.63, 3.8) is 0 Å². The van der Waals surface area contributed by atoms with E-state index in [1.165, 1.54) is 11.3 Å². The van der Waals surface area contributed by atoms with Crippen LogP contribution < -0.4 is 5.32 Å². The van der Waals surface area contributed by atoms with E-state index < -0.39 is 0 Å². The van der Waals surface area contributed by atoms with Gasteiger partial charge in [0.1, 0.15) is 0 Å². The Morgan fingerprint density at radius 1 is 0.950 bits per heavy atom. The Morgan fingerprint density at radius 2 is 1.75 bits per heavy atom. The van der Waals surface area contributed by atoms with Crippen molar-refractivity contribution in [1.29, 1.82) is 0 Å². The van der Waals surface area contributed by atoms with Gasteiger partial charge in [-0.25, -0.2) is 0 Å². The van der Waals surface area contributed by atoms with Gasteiger partial charge < -0.3 is 5.32 Å². The van der Waals surface area contributed by atoms with Gasteiger partial charge in [-0.1, -0.05) is 52.7 Å². The molecule has 0 bridgehead atoms. The third-order valence-corrected chi connectivity index (χ3v) is 4.03. The molecule has 0 atom stereocenters. The molecule has 1 aromatic heterocycles. The molecular weight excluding hydrogens is 313 g/mol. The second-order valence-electron chi connectivity index (χ2n) is 4.03. The molecule has 3 rings (SSSR count). The lowest BCUT2D eigenvalue weighted by molar-refractivity contribution is 1.10. The van der Waals surface area contributed by atoms with Crippen molar-refractivity contribution in [2.75, 3.05) is 5.32 Å². The van der Waals surface area contributed by atoms with Gasteiger partial charge in [0.25, 0.3) is 0 Å². The Labute approximate surface area is 130 Å². The van der Waals surface area contributed by atoms with Gasteiger partial charge in [-0.3, -0.25) is 0 Å². The number of aromatic nitrogens is 2. The maximum Gasteiger partial charge on any atom is 0.210 e. The van der Waals surface area contributed by atoms with E-state index in [-0.39, 0.29) is 0 Å². The predicted octanol–water partition coefficient (Wildman–Crippen LogP) is 5.26. The van der Waals surface area contributed by atoms with Crippen LogP contribution in [0.3, 0.4) is 0 Å². The summed E-state index contributed by atoms with van der Waals surface area (Å²) in [6.07, 6.45) is 0. The molecule has 1 heterocycles. The van der Waals surface area contributed by atoms with Crippen LogP contribution in [0.4, 0.5) is 10.8 Å². The van der Waals surface area contributed by atoms with E-state index in [2.05, 4.69) is 15.5 Å². The van der Waals surface area contributed by atoms with E-state index in [0.717, 1.165) is 21.4 Å². The summed E-state index contributed by atoms with van der Waals surface area (Å²) in [6, 6.07) is 15.1. The molecule has 0 aliphatic carbocycles. The highest BCUT2D eigenvalue weighted by molar-refractivity contribution is 7.18. The third kappa shape index (κ3) is 2.93. The number of para-hydroxylation sites is 1. The molecule has 0 amide bonds. The van der Waals surface area contributed by atoms with Crippen LogP contribution >= 0.6 is 34.5 Å². The second-order valence-corrected chi connectivity index (χ2v) is 5.85. The zero-order chi connectivity index (χ0) is 13.9. The molecule has 6 heteroatoms. The topological polar surface area (TPSA) is 37.8 Å². The summed E-state index contributed by atoms with van der Waals surface area (Å²) >= 11 is 13.5. The first-order valence-electron chi connectivity index (χ1n) is 5.83. The highest BCUT2D eigenvalue weighted by atomic mass is 35.5. The van der Waals surface area contributed by atoms with Crippen LogP contribution in [0.2, 0.25) is 10.0 Å². The summed E-state index contributed by atoms with van der Waals surface area (Å²) in [7, 11) is 0. The van der Waals surface area contributed by atoms with Gasteiger partial charge in [-0.2, -0.15) is 0 Å². The normalized spacial score (nSPS) is 10.5. The SMILES string of the molecule is Clc1ccc(-c2nnc(Nc3ccccc3)s2)c(Cl)c1. The largest absolute Gasteiger partial charge is 0.330 e. The molecule has 0 spiro atoms. The van der Waals surface area contributed by atoms with E-state index in [1.54, 1.807) is 12.1 Å². The molecule has 1 N–H and O–H groups in total. The number of halogens is 2. The molecular formula is C14H9Cl2N3S. The lowest BCUT2D eigenvalue weighted by atomic mass is 10.2. The third-order valence-electron chi connectivity index (χ3n) is 2.61. The van der Waals surface area contributed by atoms with Crippen molar-refractivity contribution < 1.29 is 0 Å². The van der Waals surface area contributed by atoms with Gasteiger partial charge in [-0.15, -0.1) is 10.2 Å². The van der Waals surface area contributed by atoms with E-state index in [0.29, 0.717) is 10.0 Å². The first kappa shape index (κ1) is 13.4. The van der Waals surface area contributed by atoms with Crippen LogP contribution in [0.15, 0.2) is 48.5 Å². The summed E-state index contributed by atoms with van der Waals surface area (Å²) in [5.74, 6) is 0. The molecule has 2 aromatic carbocycles. The number of benzene rings is 2. The molecule has 0 aliphatic heterocycles. The van der Waals surface area contributed by atoms with E-state index in [9.17, 15) is 0 Å². The summed E-state index contributed by atoms with van der Waals surface area (Å²) in [4.78, 5) is 0. The number of anilines is 2. The monoisotopic (exact) mass is 321 g/mol. The fourth-order valence-electron chi connectivity index (χ4n) is 1.69. The maximum atomic E-state index is 6.17. The minimum atomic E-state index is 0.569. The molecule has 0 aliphatic rings. The Bertz CT molecular complexity index is 728. The smallest absolute Gasteiger partial charge is 0.210 e. The Kier molecular flexibility index (Phi) is 3.87. The zero-order valence-electron chi connectivity index (χ0n) is 10.2. The van der Waals surface area contributed by atoms with Crippen LogP contribution in [0.5, 0.6) is 0 Å². The first-order valence-corrected chi connectivity index (χ1v) is 7.40. The van der Waals surface area contributed by atoms with Crippen LogP contribution in [0.1, 0.15) is 0 Å². The average Bonchev–Trinajstić information content (AvgIpc) is 2.88. The zero-order valence-corrected chi connectivity index (χ0v) is 12.5. The molecule has 0 radical (unpaired) electrons. The highest BCUT2D eigenvalue weighted by Gasteiger charge is 2.10. The fraction of sp³-hybridized carbons (Fsp3) is 0. The maximum absolute atomic E-state index is 6.17. The Hall–Kier alpha value is -1.62. The van der Waals surface area contributed by atoms with E-state index in [4.69, 9.17) is 23.2 Å². The quantitative estimate of drug-likeness (QED) is 0.715. The van der Waals surface area contributed by atoms with Crippen LogP contribution in [0, 0.1) is 0 Å². The predicted molar refractivity (Wildman–Crippen MR) is 85.1 cm³/mol. The van der Waals surface area contributed by atoms with E-state index in [1.807, 2.05) is 36.4 Å². The summed E-state index contributed by atoms with van der Waals surface area (Å²) in [5, 5.41) is 14.1. The van der Waals surface area contributed by atoms with Crippen molar-refractivity contribution >= 4 is 45.4 Å². The summed E-state index contributed by atoms with van der Waals surface area (Å²) in [6.45, 7) is 0. The summed E-state index contributed by atoms with van der Waals surface area (Å²) < 4.78 is 0. The molecule has 0 saturated heterocycles. The summed E-state index contributed by atoms with van der Waals surface area (Å²) in [5.41, 5.74) is 1.80. The van der Waals surface area contributed by atoms with Gasteiger partial charge in [0.05, 0.1) is 5.02 Å². The van der Waals surface area contributed by atoms with Gasteiger partial charge in [0.15, 0.2) is 5.01 Å². The van der Waals surface area contributed by atoms with Crippen molar-refractivity contribution in [3.05, 3.63) is 58.6 Å². The second kappa shape index (κ2) is 5.79. The van der Waals surface area contributed by atoms with Gasteiger partial charge in [0.2, 0.25) is 5.13 Å². The van der Waals surface area contributed by atoms with Crippen molar-refractivity contribution in [2.24, 2.45) is 0 Å². The molecule has 3 aromatic rings. The minimum Gasteiger partial charge on any atom is -0.330 e. The standard InChI is InChI=1S/C14H9Cl2N3S/c15-9-6-7-11(12(16)8-9)13-18-19-14(20-13)17-10-4-2-1-3-5-10/h1-8H,(H,17,19). The van der Waals surface area contributed by atoms with Crippen molar-refractivity contribution in [3.8, 4) is 10.6 Å². The number of hydrogen-bond donors (Lipinski definition) is 1. The van der Waals surface area contributed by atoms with Gasteiger partial charge in [0, 0.05) is 16.3 Å². The van der Waals surface area contributed by atoms with Gasteiger partial charge in [-0.05, 0) is 30.3 Å². The number of hydrogen-bond acceptors (Lipinski definition) is 4. The van der Waals surface area contributed by atoms with Gasteiger partial charge >= 0.3 is 0 Å². The van der Waals surface area contributed by atoms with Crippen LogP contribution in [0.25, 0.3) is 10.6 Å². The average molecular weight is 322 g/mol. The molecule has 20 heavy (non-hydrogen) atoms. The highest BCUT2D eigenvalue weighted by Crippen LogP contribution is 2.34. The number of nitrogens with zero attached hydrogens (tertiary/aromatic N) is 2. The lowest BCUT2D eigenvalue weighted by Crippen LogP contribution is -1.87. The number of nitrogens with one attached hydrogen (secondary N) is 1. The minimum absolute atomic E-state index is 0.569. The van der Waals surface area contributed by atoms with Crippen LogP contribution in [-0.2, 0) is 0 Å². The fourth-order valence-corrected chi connectivity index (χ4v) is 3.05. The molecule has 3 nitrogen and oxygen atoms in total. The first-order chi connectivity index (χ1) is 9.72. The van der Waals surface area contributed by atoms with Crippen molar-refractivity contribution in [1.82, 2.24) is 10.2 Å². The Morgan fingerprint density at radius 3 is 2.50 bits per heavy atom. The van der Waals surface area contributed by atoms with Crippen LogP contribution in [-0.4, -0.2) is 10.2 Å².